The molecule has 0 spiro atoms. The Bertz CT molecular complexity index is 3640. The normalized spacial score (nSPS) is 16.2. The Labute approximate surface area is 459 Å². The van der Waals surface area contributed by atoms with E-state index in [2.05, 4.69) is 59.4 Å². The van der Waals surface area contributed by atoms with Crippen molar-refractivity contribution in [3.8, 4) is 22.3 Å². The van der Waals surface area contributed by atoms with E-state index < -0.39 is 21.7 Å². The summed E-state index contributed by atoms with van der Waals surface area (Å²) in [6.45, 7) is 22.4. The van der Waals surface area contributed by atoms with E-state index in [0.29, 0.717) is 75.5 Å². The Morgan fingerprint density at radius 1 is 0.645 bits per heavy atom. The molecule has 0 aliphatic carbocycles. The van der Waals surface area contributed by atoms with Gasteiger partial charge in [0.05, 0.1) is 43.9 Å². The summed E-state index contributed by atoms with van der Waals surface area (Å²) in [6.07, 6.45) is 9.08. The van der Waals surface area contributed by atoms with Gasteiger partial charge in [-0.2, -0.15) is 15.2 Å². The number of aromatic nitrogens is 10. The number of ether oxygens (including phenoxy) is 3. The third-order valence-electron chi connectivity index (χ3n) is 14.0. The lowest BCUT2D eigenvalue weighted by molar-refractivity contribution is 0.0208. The summed E-state index contributed by atoms with van der Waals surface area (Å²) in [5, 5.41) is 12.7. The molecule has 6 aromatic heterocycles. The van der Waals surface area contributed by atoms with Gasteiger partial charge in [0.1, 0.15) is 19.1 Å². The van der Waals surface area contributed by atoms with Crippen LogP contribution in [-0.4, -0.2) is 119 Å². The summed E-state index contributed by atoms with van der Waals surface area (Å²) in [7, 11) is 4.61. The molecule has 2 unspecified atom stereocenters. The van der Waals surface area contributed by atoms with Crippen molar-refractivity contribution >= 4 is 107 Å². The van der Waals surface area contributed by atoms with Gasteiger partial charge >= 0.3 is 6.09 Å². The Kier molecular flexibility index (Phi) is 15.3. The first kappa shape index (κ1) is 55.3. The Morgan fingerprint density at radius 3 is 1.54 bits per heavy atom. The molecule has 2 aliphatic rings. The van der Waals surface area contributed by atoms with Crippen molar-refractivity contribution in [3.05, 3.63) is 85.1 Å². The van der Waals surface area contributed by atoms with Crippen LogP contribution >= 0.6 is 34.8 Å². The molecule has 406 valence electrons. The number of fused-ring (bicyclic) bond motifs is 6. The minimum atomic E-state index is -1.28. The van der Waals surface area contributed by atoms with Crippen LogP contribution in [0.3, 0.4) is 0 Å². The van der Waals surface area contributed by atoms with E-state index in [0.717, 1.165) is 57.9 Å². The van der Waals surface area contributed by atoms with E-state index in [1.165, 1.54) is 4.57 Å². The second-order valence-corrected chi connectivity index (χ2v) is 36.0. The molecular formula is C53H69Cl3N12O6Si2. The van der Waals surface area contributed by atoms with Crippen molar-refractivity contribution < 1.29 is 19.0 Å². The van der Waals surface area contributed by atoms with E-state index in [9.17, 15) is 14.4 Å². The van der Waals surface area contributed by atoms with Crippen molar-refractivity contribution in [2.75, 3.05) is 31.2 Å². The highest BCUT2D eigenvalue weighted by molar-refractivity contribution is 6.76. The molecule has 0 radical (unpaired) electrons. The Hall–Kier alpha value is -5.49. The average Bonchev–Trinajstić information content (AvgIpc) is 4.18. The molecule has 76 heavy (non-hydrogen) atoms. The predicted molar refractivity (Wildman–Crippen MR) is 310 cm³/mol. The maximum absolute atomic E-state index is 14.3. The number of carbonyl (C=O) groups excluding carboxylic acids is 1. The molecule has 18 nitrogen and oxygen atoms in total. The SMILES string of the molecule is Cn1cc2c(Cl)c(-c3cn(COCC[Si](C)(C)C)c4nc(Cl)n(C)c(=O)c34)ccc2n1.Cn1cc2c(Cl)c(-c3cn(COCC[Si](C)(C)C)c4nc(N5C6CCC5CN(C(=O)OC(C)(C)C)C6)n(C)c(=O)c34)ccc2n1. The smallest absolute Gasteiger partial charge is 0.410 e. The third-order valence-corrected chi connectivity index (χ3v) is 18.6. The van der Waals surface area contributed by atoms with Gasteiger partial charge in [0.15, 0.2) is 11.3 Å². The van der Waals surface area contributed by atoms with Gasteiger partial charge in [0.25, 0.3) is 11.1 Å². The number of hydrogen-bond acceptors (Lipinski definition) is 11. The minimum Gasteiger partial charge on any atom is -0.444 e. The van der Waals surface area contributed by atoms with Crippen LogP contribution in [0.15, 0.2) is 58.6 Å². The summed E-state index contributed by atoms with van der Waals surface area (Å²) in [6, 6.07) is 9.79. The first-order valence-electron chi connectivity index (χ1n) is 25.7. The number of halogens is 3. The molecule has 10 rings (SSSR count). The summed E-state index contributed by atoms with van der Waals surface area (Å²) < 4.78 is 28.0. The molecular weight excluding hydrogens is 1060 g/mol. The maximum Gasteiger partial charge on any atom is 0.410 e. The third kappa shape index (κ3) is 11.3. The number of carbonyl (C=O) groups is 1. The second-order valence-electron chi connectivity index (χ2n) is 23.6. The summed E-state index contributed by atoms with van der Waals surface area (Å²) in [5.74, 6) is 0.602. The fourth-order valence-electron chi connectivity index (χ4n) is 9.99. The first-order chi connectivity index (χ1) is 35.7. The van der Waals surface area contributed by atoms with Crippen LogP contribution in [0.5, 0.6) is 0 Å². The minimum absolute atomic E-state index is 0.0325. The zero-order valence-corrected chi connectivity index (χ0v) is 50.1. The lowest BCUT2D eigenvalue weighted by Gasteiger charge is -2.42. The number of aryl methyl sites for hydroxylation is 2. The number of anilines is 1. The lowest BCUT2D eigenvalue weighted by atomic mass is 10.0. The molecule has 8 aromatic rings. The van der Waals surface area contributed by atoms with Crippen LogP contribution in [-0.2, 0) is 55.9 Å². The molecule has 1 amide bonds. The zero-order valence-electron chi connectivity index (χ0n) is 45.8. The standard InChI is InChI=1S/C32H44ClN7O4Si.C21H25Cl2N5O2Si/c1-32(2,3)44-31(42)38-15-20-9-10-21(16-38)40(20)30-34-28-26(29(41)37(30)5)23(18-39(28)19-43-13-14-45(6,7)8)22-11-12-25-24(27(22)33)17-36(4)35-25;1-26-10-15-16(25-26)7-6-13(18(15)22)14-11-28(12-30-8-9-31(3,4)5)19-17(14)20(29)27(2)21(23)24-19/h11-12,17-18,20-21H,9-10,13-16,19H2,1-8H3;6-7,10-11H,8-9,12H2,1-5H3. The van der Waals surface area contributed by atoms with Crippen LogP contribution in [0.4, 0.5) is 10.7 Å². The van der Waals surface area contributed by atoms with Crippen molar-refractivity contribution in [2.45, 2.75) is 116 Å². The maximum atomic E-state index is 14.3. The molecule has 2 saturated heterocycles. The van der Waals surface area contributed by atoms with Crippen LogP contribution < -0.4 is 16.0 Å². The van der Waals surface area contributed by atoms with Gasteiger partial charge in [-0.1, -0.05) is 74.6 Å². The number of benzene rings is 2. The highest BCUT2D eigenvalue weighted by Gasteiger charge is 2.44. The highest BCUT2D eigenvalue weighted by atomic mass is 35.5. The van der Waals surface area contributed by atoms with Gasteiger partial charge in [-0.3, -0.25) is 28.1 Å². The second kappa shape index (κ2) is 21.0. The number of amides is 1. The largest absolute Gasteiger partial charge is 0.444 e. The molecule has 8 heterocycles. The van der Waals surface area contributed by atoms with Gasteiger partial charge in [-0.15, -0.1) is 0 Å². The van der Waals surface area contributed by atoms with E-state index in [-0.39, 0.29) is 48.0 Å². The number of hydrogen-bond donors (Lipinski definition) is 0. The highest BCUT2D eigenvalue weighted by Crippen LogP contribution is 2.41. The van der Waals surface area contributed by atoms with E-state index in [4.69, 9.17) is 54.0 Å². The van der Waals surface area contributed by atoms with Gasteiger partial charge < -0.3 is 33.1 Å². The molecule has 2 atom stereocenters. The molecule has 2 aromatic carbocycles. The predicted octanol–water partition coefficient (Wildman–Crippen LogP) is 10.8. The number of piperazine rings is 1. The first-order valence-corrected chi connectivity index (χ1v) is 34.2. The van der Waals surface area contributed by atoms with Gasteiger partial charge in [0, 0.05) is 128 Å². The summed E-state index contributed by atoms with van der Waals surface area (Å²) in [5.41, 5.74) is 4.60. The fraction of sp³-hybridized carbons (Fsp3) is 0.491. The number of likely N-dealkylation sites (tertiary alicyclic amines) is 1. The van der Waals surface area contributed by atoms with Crippen molar-refractivity contribution in [1.82, 2.24) is 52.7 Å². The fourth-order valence-corrected chi connectivity index (χ4v) is 12.3. The van der Waals surface area contributed by atoms with E-state index in [1.807, 2.05) is 93.1 Å². The molecule has 23 heteroatoms. The number of rotatable bonds is 13. The lowest BCUT2D eigenvalue weighted by Crippen LogP contribution is -2.57. The van der Waals surface area contributed by atoms with Gasteiger partial charge in [-0.25, -0.2) is 9.78 Å². The van der Waals surface area contributed by atoms with Crippen molar-refractivity contribution in [2.24, 2.45) is 28.2 Å². The zero-order chi connectivity index (χ0) is 54.9. The topological polar surface area (TPSA) is 167 Å². The summed E-state index contributed by atoms with van der Waals surface area (Å²) >= 11 is 20.0. The molecule has 2 aliphatic heterocycles. The van der Waals surface area contributed by atoms with Crippen molar-refractivity contribution in [1.29, 1.82) is 0 Å². The van der Waals surface area contributed by atoms with Crippen LogP contribution in [0.25, 0.3) is 66.1 Å². The quantitative estimate of drug-likeness (QED) is 0.0612. The summed E-state index contributed by atoms with van der Waals surface area (Å²) in [4.78, 5) is 54.1. The molecule has 2 fully saturated rings. The molecule has 2 bridgehead atoms. The average molecular weight is 1130 g/mol. The Balaban J connectivity index is 0.000000199. The molecule has 0 saturated carbocycles. The monoisotopic (exact) mass is 1130 g/mol. The Morgan fingerprint density at radius 2 is 1.09 bits per heavy atom. The van der Waals surface area contributed by atoms with Crippen LogP contribution in [0.1, 0.15) is 33.6 Å². The van der Waals surface area contributed by atoms with Crippen LogP contribution in [0.2, 0.25) is 66.7 Å². The van der Waals surface area contributed by atoms with Crippen molar-refractivity contribution in [3.63, 3.8) is 0 Å². The van der Waals surface area contributed by atoms with E-state index >= 15 is 0 Å². The van der Waals surface area contributed by atoms with Gasteiger partial charge in [-0.05, 0) is 69.4 Å². The molecule has 0 N–H and O–H groups in total. The van der Waals surface area contributed by atoms with Crippen LogP contribution in [0, 0.1) is 0 Å². The number of nitrogens with zero attached hydrogens (tertiary/aromatic N) is 12. The van der Waals surface area contributed by atoms with E-state index in [1.54, 1.807) is 32.9 Å². The van der Waals surface area contributed by atoms with Gasteiger partial charge in [0.2, 0.25) is 11.2 Å².